The Bertz CT molecular complexity index is 442. The Hall–Kier alpha value is -1.09. The van der Waals surface area contributed by atoms with Crippen molar-refractivity contribution in [2.45, 2.75) is 50.7 Å². The molecule has 0 spiro atoms. The van der Waals surface area contributed by atoms with E-state index < -0.39 is 0 Å². The van der Waals surface area contributed by atoms with Crippen molar-refractivity contribution in [3.05, 3.63) is 29.6 Å². The minimum atomic E-state index is -0.182. The second-order valence-electron chi connectivity index (χ2n) is 5.81. The molecule has 1 aromatic rings. The van der Waals surface area contributed by atoms with E-state index in [-0.39, 0.29) is 18.0 Å². The van der Waals surface area contributed by atoms with Gasteiger partial charge in [0.2, 0.25) is 0 Å². The van der Waals surface area contributed by atoms with E-state index in [1.54, 1.807) is 12.1 Å². The number of hydrogen-bond donors (Lipinski definition) is 1. The smallest absolute Gasteiger partial charge is 0.124 e. The van der Waals surface area contributed by atoms with E-state index in [4.69, 9.17) is 4.74 Å². The largest absolute Gasteiger partial charge is 0.490 e. The highest BCUT2D eigenvalue weighted by Gasteiger charge is 2.33. The SMILES string of the molecule is CNC1CC(C2CCCCC2)Oc2ccc(F)cc21. The molecule has 0 radical (unpaired) electrons. The van der Waals surface area contributed by atoms with Crippen LogP contribution in [0.25, 0.3) is 0 Å². The van der Waals surface area contributed by atoms with E-state index in [0.29, 0.717) is 5.92 Å². The third-order valence-corrected chi connectivity index (χ3v) is 4.62. The molecule has 0 saturated heterocycles. The maximum absolute atomic E-state index is 13.4. The summed E-state index contributed by atoms with van der Waals surface area (Å²) in [4.78, 5) is 0. The van der Waals surface area contributed by atoms with Crippen LogP contribution in [0.3, 0.4) is 0 Å². The van der Waals surface area contributed by atoms with Crippen LogP contribution in [0, 0.1) is 11.7 Å². The highest BCUT2D eigenvalue weighted by Crippen LogP contribution is 2.40. The zero-order valence-electron chi connectivity index (χ0n) is 11.5. The van der Waals surface area contributed by atoms with Gasteiger partial charge in [-0.2, -0.15) is 0 Å². The topological polar surface area (TPSA) is 21.3 Å². The van der Waals surface area contributed by atoms with Crippen LogP contribution >= 0.6 is 0 Å². The van der Waals surface area contributed by atoms with E-state index >= 15 is 0 Å². The summed E-state index contributed by atoms with van der Waals surface area (Å²) >= 11 is 0. The van der Waals surface area contributed by atoms with Crippen LogP contribution < -0.4 is 10.1 Å². The molecular weight excluding hydrogens is 241 g/mol. The summed E-state index contributed by atoms with van der Waals surface area (Å²) in [5, 5.41) is 3.31. The predicted octanol–water partition coefficient (Wildman–Crippen LogP) is 3.82. The summed E-state index contributed by atoms with van der Waals surface area (Å²) in [5.41, 5.74) is 0.967. The Kier molecular flexibility index (Phi) is 3.74. The first-order valence-electron chi connectivity index (χ1n) is 7.41. The molecule has 1 heterocycles. The molecule has 1 aromatic carbocycles. The number of hydrogen-bond acceptors (Lipinski definition) is 2. The molecule has 3 heteroatoms. The Morgan fingerprint density at radius 3 is 2.74 bits per heavy atom. The van der Waals surface area contributed by atoms with Gasteiger partial charge in [0, 0.05) is 18.0 Å². The second kappa shape index (κ2) is 5.49. The molecule has 0 aromatic heterocycles. The molecule has 2 nitrogen and oxygen atoms in total. The average Bonchev–Trinajstić information content (AvgIpc) is 2.47. The third-order valence-electron chi connectivity index (χ3n) is 4.62. The Balaban J connectivity index is 1.83. The van der Waals surface area contributed by atoms with Crippen molar-refractivity contribution in [3.63, 3.8) is 0 Å². The molecule has 1 saturated carbocycles. The summed E-state index contributed by atoms with van der Waals surface area (Å²) in [6.07, 6.45) is 7.80. The highest BCUT2D eigenvalue weighted by atomic mass is 19.1. The van der Waals surface area contributed by atoms with Crippen molar-refractivity contribution < 1.29 is 9.13 Å². The van der Waals surface area contributed by atoms with E-state index in [2.05, 4.69) is 5.32 Å². The highest BCUT2D eigenvalue weighted by molar-refractivity contribution is 5.38. The molecule has 1 aliphatic heterocycles. The first kappa shape index (κ1) is 12.9. The third kappa shape index (κ3) is 2.62. The van der Waals surface area contributed by atoms with Gasteiger partial charge in [-0.15, -0.1) is 0 Å². The zero-order valence-corrected chi connectivity index (χ0v) is 11.5. The number of nitrogens with one attached hydrogen (secondary N) is 1. The van der Waals surface area contributed by atoms with E-state index in [1.165, 1.54) is 38.2 Å². The lowest BCUT2D eigenvalue weighted by molar-refractivity contribution is 0.0738. The van der Waals surface area contributed by atoms with Gasteiger partial charge in [0.05, 0.1) is 0 Å². The first-order chi connectivity index (χ1) is 9.28. The molecule has 2 unspecified atom stereocenters. The molecule has 0 bridgehead atoms. The molecule has 2 atom stereocenters. The maximum Gasteiger partial charge on any atom is 0.124 e. The predicted molar refractivity (Wildman–Crippen MR) is 73.8 cm³/mol. The van der Waals surface area contributed by atoms with Crippen molar-refractivity contribution in [2.75, 3.05) is 7.05 Å². The van der Waals surface area contributed by atoms with Gasteiger partial charge in [0.15, 0.2) is 0 Å². The number of halogens is 1. The van der Waals surface area contributed by atoms with Crippen LogP contribution in [0.4, 0.5) is 4.39 Å². The van der Waals surface area contributed by atoms with Crippen LogP contribution in [0.1, 0.15) is 50.1 Å². The van der Waals surface area contributed by atoms with Gasteiger partial charge < -0.3 is 10.1 Å². The Morgan fingerprint density at radius 2 is 2.00 bits per heavy atom. The van der Waals surface area contributed by atoms with Gasteiger partial charge in [0.1, 0.15) is 17.7 Å². The maximum atomic E-state index is 13.4. The number of ether oxygens (including phenoxy) is 1. The fourth-order valence-electron chi connectivity index (χ4n) is 3.54. The van der Waals surface area contributed by atoms with Crippen LogP contribution in [-0.4, -0.2) is 13.2 Å². The lowest BCUT2D eigenvalue weighted by Gasteiger charge is -2.37. The summed E-state index contributed by atoms with van der Waals surface area (Å²) in [5.74, 6) is 1.35. The minimum Gasteiger partial charge on any atom is -0.490 e. The molecule has 1 fully saturated rings. The van der Waals surface area contributed by atoms with Gasteiger partial charge in [-0.25, -0.2) is 4.39 Å². The fourth-order valence-corrected chi connectivity index (χ4v) is 3.54. The van der Waals surface area contributed by atoms with Gasteiger partial charge in [0.25, 0.3) is 0 Å². The fraction of sp³-hybridized carbons (Fsp3) is 0.625. The monoisotopic (exact) mass is 263 g/mol. The molecule has 1 aliphatic carbocycles. The number of fused-ring (bicyclic) bond motifs is 1. The van der Waals surface area contributed by atoms with Gasteiger partial charge >= 0.3 is 0 Å². The van der Waals surface area contributed by atoms with Crippen LogP contribution in [0.15, 0.2) is 18.2 Å². The Morgan fingerprint density at radius 1 is 1.21 bits per heavy atom. The van der Waals surface area contributed by atoms with Crippen molar-refractivity contribution in [1.82, 2.24) is 5.32 Å². The van der Waals surface area contributed by atoms with Crippen LogP contribution in [0.2, 0.25) is 0 Å². The molecule has 2 aliphatic rings. The van der Waals surface area contributed by atoms with Crippen molar-refractivity contribution in [3.8, 4) is 5.75 Å². The van der Waals surface area contributed by atoms with Crippen LogP contribution in [0.5, 0.6) is 5.75 Å². The lowest BCUT2D eigenvalue weighted by atomic mass is 9.81. The van der Waals surface area contributed by atoms with Gasteiger partial charge in [-0.3, -0.25) is 0 Å². The first-order valence-corrected chi connectivity index (χ1v) is 7.41. The molecule has 19 heavy (non-hydrogen) atoms. The van der Waals surface area contributed by atoms with E-state index in [9.17, 15) is 4.39 Å². The van der Waals surface area contributed by atoms with Crippen LogP contribution in [-0.2, 0) is 0 Å². The van der Waals surface area contributed by atoms with E-state index in [0.717, 1.165) is 17.7 Å². The summed E-state index contributed by atoms with van der Waals surface area (Å²) < 4.78 is 19.5. The summed E-state index contributed by atoms with van der Waals surface area (Å²) in [6, 6.07) is 5.10. The number of rotatable bonds is 2. The molecule has 0 amide bonds. The van der Waals surface area contributed by atoms with Crippen molar-refractivity contribution >= 4 is 0 Å². The zero-order chi connectivity index (χ0) is 13.2. The normalized spacial score (nSPS) is 27.7. The van der Waals surface area contributed by atoms with Crippen molar-refractivity contribution in [1.29, 1.82) is 0 Å². The minimum absolute atomic E-state index is 0.182. The number of benzene rings is 1. The molecular formula is C16H22FNO. The molecule has 104 valence electrons. The van der Waals surface area contributed by atoms with E-state index in [1.807, 2.05) is 7.05 Å². The second-order valence-corrected chi connectivity index (χ2v) is 5.81. The molecule has 1 N–H and O–H groups in total. The lowest BCUT2D eigenvalue weighted by Crippen LogP contribution is -2.37. The summed E-state index contributed by atoms with van der Waals surface area (Å²) in [6.45, 7) is 0. The average molecular weight is 263 g/mol. The standard InChI is InChI=1S/C16H22FNO/c1-18-14-10-16(11-5-3-2-4-6-11)19-15-8-7-12(17)9-13(14)15/h7-9,11,14,16,18H,2-6,10H2,1H3. The summed E-state index contributed by atoms with van der Waals surface area (Å²) in [7, 11) is 1.95. The quantitative estimate of drug-likeness (QED) is 0.876. The Labute approximate surface area is 114 Å². The molecule has 3 rings (SSSR count). The van der Waals surface area contributed by atoms with Gasteiger partial charge in [-0.1, -0.05) is 19.3 Å². The van der Waals surface area contributed by atoms with Crippen molar-refractivity contribution in [2.24, 2.45) is 5.92 Å². The van der Waals surface area contributed by atoms with Gasteiger partial charge in [-0.05, 0) is 44.0 Å².